The molecule has 0 amide bonds. The number of hydrogen-bond acceptors (Lipinski definition) is 3. The highest BCUT2D eigenvalue weighted by atomic mass is 15.2. The lowest BCUT2D eigenvalue weighted by Crippen LogP contribution is -2.06. The molecule has 294 valence electrons. The van der Waals surface area contributed by atoms with Gasteiger partial charge in [-0.1, -0.05) is 158 Å². The average molecular weight is 805 g/mol. The van der Waals surface area contributed by atoms with E-state index in [1.54, 1.807) is 0 Å². The van der Waals surface area contributed by atoms with Gasteiger partial charge in [-0.3, -0.25) is 4.57 Å². The Morgan fingerprint density at radius 2 is 0.667 bits per heavy atom. The summed E-state index contributed by atoms with van der Waals surface area (Å²) in [5, 5.41) is 7.13. The average Bonchev–Trinajstić information content (AvgIpc) is 4.00. The molecule has 4 heterocycles. The Morgan fingerprint density at radius 3 is 1.29 bits per heavy atom. The molecule has 13 rings (SSSR count). The van der Waals surface area contributed by atoms with E-state index in [4.69, 9.17) is 15.0 Å². The first-order valence-corrected chi connectivity index (χ1v) is 21.3. The van der Waals surface area contributed by atoms with Crippen LogP contribution >= 0.6 is 0 Å². The van der Waals surface area contributed by atoms with E-state index in [9.17, 15) is 0 Å². The second-order valence-electron chi connectivity index (χ2n) is 16.0. The lowest BCUT2D eigenvalue weighted by atomic mass is 10.0. The monoisotopic (exact) mass is 804 g/mol. The van der Waals surface area contributed by atoms with Crippen LogP contribution < -0.4 is 0 Å². The zero-order chi connectivity index (χ0) is 41.4. The number of para-hydroxylation sites is 5. The number of rotatable bonds is 6. The number of aromatic nitrogens is 6. The second kappa shape index (κ2) is 14.0. The Kier molecular flexibility index (Phi) is 7.80. The molecule has 0 aliphatic heterocycles. The number of hydrogen-bond donors (Lipinski definition) is 0. The molecular weight excluding hydrogens is 769 g/mol. The van der Waals surface area contributed by atoms with Gasteiger partial charge in [0.05, 0.1) is 33.1 Å². The van der Waals surface area contributed by atoms with Crippen LogP contribution in [0.1, 0.15) is 0 Å². The van der Waals surface area contributed by atoms with Crippen molar-refractivity contribution in [2.75, 3.05) is 0 Å². The summed E-state index contributed by atoms with van der Waals surface area (Å²) in [5.41, 5.74) is 12.9. The van der Waals surface area contributed by atoms with Gasteiger partial charge in [-0.15, -0.1) is 0 Å². The van der Waals surface area contributed by atoms with Crippen molar-refractivity contribution >= 4 is 65.4 Å². The SMILES string of the molecule is c1ccc(-c2ccc(-c3nc(-c4cccc(-n5c6ccccc6c6ccccc65)c4)nc(-n4c5ccccc5c5c6c7ccccc7n(-c7ccccc7)c6ccc54)n3)cc2)cc1. The first-order valence-electron chi connectivity index (χ1n) is 21.3. The van der Waals surface area contributed by atoms with Crippen molar-refractivity contribution in [3.8, 4) is 51.2 Å². The van der Waals surface area contributed by atoms with E-state index in [0.717, 1.165) is 77.5 Å². The third-order valence-electron chi connectivity index (χ3n) is 12.5. The van der Waals surface area contributed by atoms with E-state index < -0.39 is 0 Å². The molecule has 0 unspecified atom stereocenters. The highest BCUT2D eigenvalue weighted by Crippen LogP contribution is 2.42. The van der Waals surface area contributed by atoms with Crippen LogP contribution in [-0.2, 0) is 0 Å². The van der Waals surface area contributed by atoms with Gasteiger partial charge in [0.25, 0.3) is 0 Å². The van der Waals surface area contributed by atoms with Crippen molar-refractivity contribution < 1.29 is 0 Å². The topological polar surface area (TPSA) is 53.5 Å². The van der Waals surface area contributed by atoms with Gasteiger partial charge in [0.15, 0.2) is 11.6 Å². The molecular formula is C57H36N6. The fourth-order valence-corrected chi connectivity index (χ4v) is 9.74. The summed E-state index contributed by atoms with van der Waals surface area (Å²) in [7, 11) is 0. The molecule has 0 bridgehead atoms. The van der Waals surface area contributed by atoms with Gasteiger partial charge >= 0.3 is 0 Å². The Morgan fingerprint density at radius 1 is 0.254 bits per heavy atom. The van der Waals surface area contributed by atoms with Crippen LogP contribution in [0.5, 0.6) is 0 Å². The van der Waals surface area contributed by atoms with Crippen molar-refractivity contribution in [3.63, 3.8) is 0 Å². The first-order chi connectivity index (χ1) is 31.3. The molecule has 9 aromatic carbocycles. The zero-order valence-electron chi connectivity index (χ0n) is 34.0. The fourth-order valence-electron chi connectivity index (χ4n) is 9.74. The number of benzene rings is 9. The Labute approximate surface area is 362 Å². The van der Waals surface area contributed by atoms with Crippen molar-refractivity contribution in [2.45, 2.75) is 0 Å². The molecule has 6 heteroatoms. The molecule has 0 spiro atoms. The van der Waals surface area contributed by atoms with Crippen LogP contribution in [0.2, 0.25) is 0 Å². The molecule has 0 atom stereocenters. The summed E-state index contributed by atoms with van der Waals surface area (Å²) in [4.78, 5) is 16.0. The van der Waals surface area contributed by atoms with E-state index in [1.165, 1.54) is 21.5 Å². The third-order valence-corrected chi connectivity index (χ3v) is 12.5. The van der Waals surface area contributed by atoms with Gasteiger partial charge in [0.2, 0.25) is 5.95 Å². The third kappa shape index (κ3) is 5.48. The minimum atomic E-state index is 0.557. The largest absolute Gasteiger partial charge is 0.309 e. The highest BCUT2D eigenvalue weighted by Gasteiger charge is 2.23. The molecule has 0 N–H and O–H groups in total. The molecule has 6 nitrogen and oxygen atoms in total. The molecule has 0 radical (unpaired) electrons. The smallest absolute Gasteiger partial charge is 0.238 e. The van der Waals surface area contributed by atoms with E-state index in [-0.39, 0.29) is 0 Å². The van der Waals surface area contributed by atoms with Crippen LogP contribution in [0, 0.1) is 0 Å². The Bertz CT molecular complexity index is 3840. The minimum absolute atomic E-state index is 0.557. The maximum atomic E-state index is 5.41. The molecule has 0 saturated heterocycles. The lowest BCUT2D eigenvalue weighted by Gasteiger charge is -2.13. The quantitative estimate of drug-likeness (QED) is 0.168. The van der Waals surface area contributed by atoms with E-state index >= 15 is 0 Å². The summed E-state index contributed by atoms with van der Waals surface area (Å²) in [6.45, 7) is 0. The summed E-state index contributed by atoms with van der Waals surface area (Å²) in [6, 6.07) is 77.2. The van der Waals surface area contributed by atoms with E-state index in [0.29, 0.717) is 17.6 Å². The van der Waals surface area contributed by atoms with Gasteiger partial charge in [0.1, 0.15) is 0 Å². The second-order valence-corrected chi connectivity index (χ2v) is 16.0. The molecule has 0 aliphatic rings. The molecule has 0 aliphatic carbocycles. The molecule has 0 fully saturated rings. The van der Waals surface area contributed by atoms with Crippen LogP contribution in [0.3, 0.4) is 0 Å². The molecule has 63 heavy (non-hydrogen) atoms. The van der Waals surface area contributed by atoms with Crippen LogP contribution in [0.4, 0.5) is 0 Å². The molecule has 0 saturated carbocycles. The van der Waals surface area contributed by atoms with Crippen LogP contribution in [0.15, 0.2) is 218 Å². The predicted octanol–water partition coefficient (Wildman–Crippen LogP) is 14.2. The van der Waals surface area contributed by atoms with Crippen molar-refractivity contribution in [1.82, 2.24) is 28.7 Å². The fraction of sp³-hybridized carbons (Fsp3) is 0. The first kappa shape index (κ1) is 35.2. The van der Waals surface area contributed by atoms with Gasteiger partial charge in [-0.2, -0.15) is 9.97 Å². The van der Waals surface area contributed by atoms with E-state index in [2.05, 4.69) is 226 Å². The summed E-state index contributed by atoms with van der Waals surface area (Å²) in [5.74, 6) is 1.75. The van der Waals surface area contributed by atoms with Crippen LogP contribution in [0.25, 0.3) is 117 Å². The van der Waals surface area contributed by atoms with Gasteiger partial charge in [-0.05, 0) is 71.8 Å². The zero-order valence-corrected chi connectivity index (χ0v) is 34.0. The van der Waals surface area contributed by atoms with Gasteiger partial charge < -0.3 is 9.13 Å². The summed E-state index contributed by atoms with van der Waals surface area (Å²) >= 11 is 0. The molecule has 13 aromatic rings. The van der Waals surface area contributed by atoms with Crippen LogP contribution in [-0.4, -0.2) is 28.7 Å². The normalized spacial score (nSPS) is 11.8. The maximum absolute atomic E-state index is 5.41. The number of fused-ring (bicyclic) bond motifs is 10. The number of nitrogens with zero attached hydrogens (tertiary/aromatic N) is 6. The maximum Gasteiger partial charge on any atom is 0.238 e. The van der Waals surface area contributed by atoms with Crippen molar-refractivity contribution in [2.24, 2.45) is 0 Å². The molecule has 4 aromatic heterocycles. The van der Waals surface area contributed by atoms with E-state index in [1.807, 2.05) is 6.07 Å². The Hall–Kier alpha value is -8.61. The standard InChI is InChI=1S/C57H36N6/c1-3-16-37(17-4-1)38-30-32-39(33-31-38)55-58-56(40-18-15-21-42(36-40)62-47-26-11-7-22-43(47)44-23-8-12-27-48(44)62)60-57(59-55)63-50-29-14-10-25-46(50)54-52(63)35-34-51-53(54)45-24-9-13-28-49(45)61(51)41-19-5-2-6-20-41/h1-36H. The van der Waals surface area contributed by atoms with Gasteiger partial charge in [0, 0.05) is 54.8 Å². The summed E-state index contributed by atoms with van der Waals surface area (Å²) < 4.78 is 6.94. The van der Waals surface area contributed by atoms with Gasteiger partial charge in [-0.25, -0.2) is 4.98 Å². The van der Waals surface area contributed by atoms with Crippen molar-refractivity contribution in [3.05, 3.63) is 218 Å². The minimum Gasteiger partial charge on any atom is -0.309 e. The highest BCUT2D eigenvalue weighted by molar-refractivity contribution is 6.28. The lowest BCUT2D eigenvalue weighted by molar-refractivity contribution is 0.953. The summed E-state index contributed by atoms with van der Waals surface area (Å²) in [6.07, 6.45) is 0. The van der Waals surface area contributed by atoms with Crippen molar-refractivity contribution in [1.29, 1.82) is 0 Å². The Balaban J connectivity index is 1.07. The predicted molar refractivity (Wildman–Crippen MR) is 259 cm³/mol.